The predicted octanol–water partition coefficient (Wildman–Crippen LogP) is 1.39. The monoisotopic (exact) mass is 257 g/mol. The molecule has 5 heteroatoms. The molecule has 1 saturated heterocycles. The van der Waals surface area contributed by atoms with Crippen molar-refractivity contribution < 1.29 is 19.8 Å². The van der Waals surface area contributed by atoms with Gasteiger partial charge >= 0.3 is 5.97 Å². The summed E-state index contributed by atoms with van der Waals surface area (Å²) in [5.74, 6) is -0.730. The van der Waals surface area contributed by atoms with E-state index in [-0.39, 0.29) is 12.3 Å². The highest BCUT2D eigenvalue weighted by atomic mass is 16.4. The van der Waals surface area contributed by atoms with E-state index in [1.807, 2.05) is 6.92 Å². The number of hydrogen-bond acceptors (Lipinski definition) is 3. The summed E-state index contributed by atoms with van der Waals surface area (Å²) < 4.78 is 0. The first-order valence-electron chi connectivity index (χ1n) is 6.69. The minimum absolute atomic E-state index is 0.0820. The number of likely N-dealkylation sites (tertiary alicyclic amines) is 1. The molecule has 0 saturated carbocycles. The molecule has 1 heterocycles. The van der Waals surface area contributed by atoms with Gasteiger partial charge in [0.2, 0.25) is 5.91 Å². The van der Waals surface area contributed by atoms with Crippen molar-refractivity contribution in [2.75, 3.05) is 13.1 Å². The molecule has 0 aromatic heterocycles. The third-order valence-corrected chi connectivity index (χ3v) is 3.74. The van der Waals surface area contributed by atoms with Crippen molar-refractivity contribution in [3.8, 4) is 0 Å². The second kappa shape index (κ2) is 6.73. The van der Waals surface area contributed by atoms with Gasteiger partial charge in [-0.15, -0.1) is 0 Å². The first kappa shape index (κ1) is 15.0. The molecule has 1 amide bonds. The molecular weight excluding hydrogens is 234 g/mol. The Morgan fingerprint density at radius 2 is 1.72 bits per heavy atom. The summed E-state index contributed by atoms with van der Waals surface area (Å²) >= 11 is 0. The van der Waals surface area contributed by atoms with Gasteiger partial charge in [0.05, 0.1) is 5.60 Å². The van der Waals surface area contributed by atoms with E-state index in [0.717, 1.165) is 6.42 Å². The second-order valence-electron chi connectivity index (χ2n) is 5.06. The minimum atomic E-state index is -0.812. The summed E-state index contributed by atoms with van der Waals surface area (Å²) in [6.07, 6.45) is 3.73. The highest BCUT2D eigenvalue weighted by molar-refractivity contribution is 5.76. The van der Waals surface area contributed by atoms with E-state index in [4.69, 9.17) is 5.11 Å². The Morgan fingerprint density at radius 1 is 1.17 bits per heavy atom. The van der Waals surface area contributed by atoms with Gasteiger partial charge in [-0.1, -0.05) is 6.92 Å². The molecule has 1 aliphatic rings. The van der Waals surface area contributed by atoms with Crippen LogP contribution in [0.5, 0.6) is 0 Å². The van der Waals surface area contributed by atoms with Crippen molar-refractivity contribution in [3.05, 3.63) is 0 Å². The molecule has 0 aliphatic carbocycles. The molecule has 0 atom stereocenters. The number of rotatable bonds is 6. The van der Waals surface area contributed by atoms with Crippen LogP contribution in [0.15, 0.2) is 0 Å². The first-order chi connectivity index (χ1) is 8.47. The van der Waals surface area contributed by atoms with Gasteiger partial charge in [0.15, 0.2) is 0 Å². The van der Waals surface area contributed by atoms with Crippen LogP contribution in [0.4, 0.5) is 0 Å². The van der Waals surface area contributed by atoms with Gasteiger partial charge in [-0.3, -0.25) is 9.59 Å². The lowest BCUT2D eigenvalue weighted by molar-refractivity contribution is -0.138. The molecule has 0 bridgehead atoms. The number of hydrogen-bond donors (Lipinski definition) is 2. The normalized spacial score (nSPS) is 18.7. The molecule has 0 radical (unpaired) electrons. The van der Waals surface area contributed by atoms with Crippen LogP contribution in [0.3, 0.4) is 0 Å². The van der Waals surface area contributed by atoms with Crippen LogP contribution in [0, 0.1) is 0 Å². The zero-order chi connectivity index (χ0) is 13.6. The van der Waals surface area contributed by atoms with Crippen molar-refractivity contribution in [2.24, 2.45) is 0 Å². The average molecular weight is 257 g/mol. The van der Waals surface area contributed by atoms with Crippen LogP contribution in [0.1, 0.15) is 51.9 Å². The molecule has 1 rings (SSSR count). The number of carboxylic acid groups (broad SMARTS) is 1. The molecule has 2 N–H and O–H groups in total. The van der Waals surface area contributed by atoms with Gasteiger partial charge < -0.3 is 15.1 Å². The third-order valence-electron chi connectivity index (χ3n) is 3.74. The maximum absolute atomic E-state index is 11.8. The van der Waals surface area contributed by atoms with Crippen LogP contribution in [0.2, 0.25) is 0 Å². The lowest BCUT2D eigenvalue weighted by Crippen LogP contribution is -2.46. The van der Waals surface area contributed by atoms with Crippen molar-refractivity contribution in [1.82, 2.24) is 4.90 Å². The van der Waals surface area contributed by atoms with Crippen molar-refractivity contribution >= 4 is 11.9 Å². The fraction of sp³-hybridized carbons (Fsp3) is 0.846. The number of aliphatic carboxylic acids is 1. The van der Waals surface area contributed by atoms with Gasteiger partial charge in [-0.2, -0.15) is 0 Å². The smallest absolute Gasteiger partial charge is 0.303 e. The molecular formula is C13H23NO4. The molecule has 5 nitrogen and oxygen atoms in total. The van der Waals surface area contributed by atoms with Gasteiger partial charge in [-0.05, 0) is 32.1 Å². The van der Waals surface area contributed by atoms with E-state index in [1.165, 1.54) is 0 Å². The van der Waals surface area contributed by atoms with E-state index in [2.05, 4.69) is 0 Å². The quantitative estimate of drug-likeness (QED) is 0.705. The highest BCUT2D eigenvalue weighted by Crippen LogP contribution is 2.25. The Hall–Kier alpha value is -1.10. The molecule has 1 aliphatic heterocycles. The lowest BCUT2D eigenvalue weighted by atomic mass is 9.89. The van der Waals surface area contributed by atoms with Gasteiger partial charge in [0, 0.05) is 25.9 Å². The summed E-state index contributed by atoms with van der Waals surface area (Å²) in [5, 5.41) is 18.5. The fourth-order valence-electron chi connectivity index (χ4n) is 2.24. The van der Waals surface area contributed by atoms with Crippen LogP contribution in [-0.2, 0) is 9.59 Å². The van der Waals surface area contributed by atoms with Crippen molar-refractivity contribution in [3.63, 3.8) is 0 Å². The summed E-state index contributed by atoms with van der Waals surface area (Å²) in [6.45, 7) is 3.19. The molecule has 0 aromatic rings. The molecule has 18 heavy (non-hydrogen) atoms. The maximum Gasteiger partial charge on any atom is 0.303 e. The number of amides is 1. The van der Waals surface area contributed by atoms with E-state index in [1.54, 1.807) is 4.90 Å². The standard InChI is InChI=1S/C13H23NO4/c1-2-13(18)7-9-14(10-8-13)11(15)5-3-4-6-12(16)17/h18H,2-10H2,1H3,(H,16,17). The van der Waals surface area contributed by atoms with E-state index in [0.29, 0.717) is 45.2 Å². The third kappa shape index (κ3) is 4.64. The highest BCUT2D eigenvalue weighted by Gasteiger charge is 2.31. The Kier molecular flexibility index (Phi) is 5.59. The summed E-state index contributed by atoms with van der Waals surface area (Å²) in [4.78, 5) is 23.9. The molecule has 0 unspecified atom stereocenters. The molecule has 104 valence electrons. The zero-order valence-electron chi connectivity index (χ0n) is 11.0. The summed E-state index contributed by atoms with van der Waals surface area (Å²) in [5.41, 5.74) is -0.597. The van der Waals surface area contributed by atoms with Crippen LogP contribution < -0.4 is 0 Å². The summed E-state index contributed by atoms with van der Waals surface area (Å²) in [7, 11) is 0. The van der Waals surface area contributed by atoms with Gasteiger partial charge in [0.25, 0.3) is 0 Å². The predicted molar refractivity (Wildman–Crippen MR) is 67.2 cm³/mol. The van der Waals surface area contributed by atoms with Gasteiger partial charge in [-0.25, -0.2) is 0 Å². The number of carbonyl (C=O) groups excluding carboxylic acids is 1. The largest absolute Gasteiger partial charge is 0.481 e. The maximum atomic E-state index is 11.8. The van der Waals surface area contributed by atoms with E-state index in [9.17, 15) is 14.7 Å². The van der Waals surface area contributed by atoms with Crippen molar-refractivity contribution in [1.29, 1.82) is 0 Å². The number of piperidine rings is 1. The fourth-order valence-corrected chi connectivity index (χ4v) is 2.24. The Bertz CT molecular complexity index is 295. The topological polar surface area (TPSA) is 77.8 Å². The zero-order valence-corrected chi connectivity index (χ0v) is 11.0. The number of carboxylic acids is 1. The van der Waals surface area contributed by atoms with E-state index >= 15 is 0 Å². The van der Waals surface area contributed by atoms with Crippen molar-refractivity contribution in [2.45, 2.75) is 57.5 Å². The first-order valence-corrected chi connectivity index (χ1v) is 6.69. The average Bonchev–Trinajstić information content (AvgIpc) is 2.35. The Balaban J connectivity index is 2.22. The Morgan fingerprint density at radius 3 is 2.22 bits per heavy atom. The second-order valence-corrected chi connectivity index (χ2v) is 5.06. The molecule has 0 aromatic carbocycles. The van der Waals surface area contributed by atoms with Crippen LogP contribution >= 0.6 is 0 Å². The molecule has 0 spiro atoms. The van der Waals surface area contributed by atoms with Crippen LogP contribution in [-0.4, -0.2) is 45.7 Å². The van der Waals surface area contributed by atoms with Gasteiger partial charge in [0.1, 0.15) is 0 Å². The number of aliphatic hydroxyl groups is 1. The SMILES string of the molecule is CCC1(O)CCN(C(=O)CCCCC(=O)O)CC1. The Labute approximate surface area is 108 Å². The summed E-state index contributed by atoms with van der Waals surface area (Å²) in [6, 6.07) is 0. The van der Waals surface area contributed by atoms with Crippen LogP contribution in [0.25, 0.3) is 0 Å². The minimum Gasteiger partial charge on any atom is -0.481 e. The molecule has 1 fully saturated rings. The van der Waals surface area contributed by atoms with E-state index < -0.39 is 11.6 Å². The number of nitrogens with zero attached hydrogens (tertiary/aromatic N) is 1. The number of unbranched alkanes of at least 4 members (excludes halogenated alkanes) is 1. The lowest BCUT2D eigenvalue weighted by Gasteiger charge is -2.37. The number of carbonyl (C=O) groups is 2.